The van der Waals surface area contributed by atoms with E-state index >= 15 is 0 Å². The van der Waals surface area contributed by atoms with E-state index in [1.54, 1.807) is 30.2 Å². The minimum atomic E-state index is -3.70. The minimum absolute atomic E-state index is 0.0288. The summed E-state index contributed by atoms with van der Waals surface area (Å²) in [5.74, 6) is 0.752. The van der Waals surface area contributed by atoms with Crippen LogP contribution in [-0.2, 0) is 21.2 Å². The van der Waals surface area contributed by atoms with Crippen molar-refractivity contribution in [2.45, 2.75) is 56.5 Å². The Morgan fingerprint density at radius 3 is 2.45 bits per heavy atom. The molecule has 7 nitrogen and oxygen atoms in total. The number of nitrogens with one attached hydrogen (secondary N) is 1. The zero-order valence-electron chi connectivity index (χ0n) is 19.6. The van der Waals surface area contributed by atoms with E-state index < -0.39 is 10.0 Å². The van der Waals surface area contributed by atoms with E-state index in [0.717, 1.165) is 48.5 Å². The smallest absolute Gasteiger partial charge is 0.240 e. The largest absolute Gasteiger partial charge is 0.497 e. The molecule has 1 amide bonds. The van der Waals surface area contributed by atoms with Crippen molar-refractivity contribution in [2.75, 3.05) is 31.6 Å². The second-order valence-electron chi connectivity index (χ2n) is 8.97. The van der Waals surface area contributed by atoms with E-state index in [0.29, 0.717) is 13.0 Å². The summed E-state index contributed by atoms with van der Waals surface area (Å²) >= 11 is 0. The molecule has 2 heterocycles. The number of likely N-dealkylation sites (tertiary alicyclic amines) is 1. The average Bonchev–Trinajstić information content (AvgIpc) is 3.15. The van der Waals surface area contributed by atoms with Gasteiger partial charge in [-0.3, -0.25) is 9.69 Å². The molecule has 2 atom stereocenters. The molecule has 8 heteroatoms. The van der Waals surface area contributed by atoms with Gasteiger partial charge < -0.3 is 9.64 Å². The number of anilines is 1. The summed E-state index contributed by atoms with van der Waals surface area (Å²) in [6.07, 6.45) is 4.10. The van der Waals surface area contributed by atoms with Crippen LogP contribution in [0.25, 0.3) is 0 Å². The van der Waals surface area contributed by atoms with E-state index in [1.165, 1.54) is 13.3 Å². The Balaban J connectivity index is 1.54. The first-order chi connectivity index (χ1) is 15.8. The van der Waals surface area contributed by atoms with Gasteiger partial charge in [0.25, 0.3) is 0 Å². The number of hydrogen-bond donors (Lipinski definition) is 1. The Morgan fingerprint density at radius 2 is 1.82 bits per heavy atom. The van der Waals surface area contributed by atoms with Crippen LogP contribution in [0.3, 0.4) is 0 Å². The molecule has 1 N–H and O–H groups in total. The maximum atomic E-state index is 13.2. The van der Waals surface area contributed by atoms with Gasteiger partial charge in [-0.05, 0) is 80.7 Å². The number of benzene rings is 2. The Bertz CT molecular complexity index is 1100. The molecule has 0 spiro atoms. The van der Waals surface area contributed by atoms with Crippen LogP contribution >= 0.6 is 0 Å². The zero-order valence-corrected chi connectivity index (χ0v) is 20.4. The fourth-order valence-corrected chi connectivity index (χ4v) is 6.13. The first kappa shape index (κ1) is 23.7. The van der Waals surface area contributed by atoms with Gasteiger partial charge in [-0.15, -0.1) is 0 Å². The predicted molar refractivity (Wildman–Crippen MR) is 129 cm³/mol. The summed E-state index contributed by atoms with van der Waals surface area (Å²) in [4.78, 5) is 16.3. The third kappa shape index (κ3) is 5.08. The van der Waals surface area contributed by atoms with Crippen LogP contribution in [0.2, 0.25) is 0 Å². The quantitative estimate of drug-likeness (QED) is 0.669. The van der Waals surface area contributed by atoms with Crippen molar-refractivity contribution >= 4 is 21.6 Å². The lowest BCUT2D eigenvalue weighted by molar-refractivity contribution is -0.116. The molecule has 0 unspecified atom stereocenters. The van der Waals surface area contributed by atoms with Gasteiger partial charge in [0.15, 0.2) is 0 Å². The van der Waals surface area contributed by atoms with Gasteiger partial charge in [-0.1, -0.05) is 18.6 Å². The standard InChI is InChI=1S/C25H33N3O4S/c1-18-15-21-16-23(11-12-24(21)28(18)19(2)29)33(30,31)26-17-25(27-13-5-4-6-14-27)20-7-9-22(32-3)10-8-20/h7-12,16,18,25-26H,4-6,13-15,17H2,1-3H3/t18-,25+/m0/s1. The van der Waals surface area contributed by atoms with Gasteiger partial charge in [-0.2, -0.15) is 0 Å². The van der Waals surface area contributed by atoms with E-state index in [2.05, 4.69) is 9.62 Å². The maximum Gasteiger partial charge on any atom is 0.240 e. The number of methoxy groups -OCH3 is 1. The van der Waals surface area contributed by atoms with Gasteiger partial charge in [0.05, 0.1) is 12.0 Å². The normalized spacial score (nSPS) is 19.8. The zero-order chi connectivity index (χ0) is 23.6. The molecule has 2 aliphatic rings. The molecule has 33 heavy (non-hydrogen) atoms. The molecule has 0 radical (unpaired) electrons. The summed E-state index contributed by atoms with van der Waals surface area (Å²) in [7, 11) is -2.06. The van der Waals surface area contributed by atoms with Crippen molar-refractivity contribution in [3.8, 4) is 5.75 Å². The topological polar surface area (TPSA) is 79.0 Å². The highest BCUT2D eigenvalue weighted by Gasteiger charge is 2.31. The number of carbonyl (C=O) groups excluding carboxylic acids is 1. The molecule has 2 aromatic rings. The molecular formula is C25H33N3O4S. The van der Waals surface area contributed by atoms with Gasteiger partial charge >= 0.3 is 0 Å². The lowest BCUT2D eigenvalue weighted by Gasteiger charge is -2.35. The second kappa shape index (κ2) is 9.83. The number of sulfonamides is 1. The number of carbonyl (C=O) groups is 1. The summed E-state index contributed by atoms with van der Waals surface area (Å²) in [6, 6.07) is 12.9. The maximum absolute atomic E-state index is 13.2. The number of ether oxygens (including phenoxy) is 1. The van der Waals surface area contributed by atoms with Crippen molar-refractivity contribution in [3.05, 3.63) is 53.6 Å². The van der Waals surface area contributed by atoms with Crippen molar-refractivity contribution in [3.63, 3.8) is 0 Å². The highest BCUT2D eigenvalue weighted by molar-refractivity contribution is 7.89. The first-order valence-electron chi connectivity index (χ1n) is 11.6. The summed E-state index contributed by atoms with van der Waals surface area (Å²) in [5.41, 5.74) is 2.77. The van der Waals surface area contributed by atoms with Gasteiger partial charge in [0, 0.05) is 31.2 Å². The predicted octanol–water partition coefficient (Wildman–Crippen LogP) is 3.50. The molecule has 1 saturated heterocycles. The minimum Gasteiger partial charge on any atom is -0.497 e. The van der Waals surface area contributed by atoms with Crippen LogP contribution in [0.4, 0.5) is 5.69 Å². The average molecular weight is 472 g/mol. The fraction of sp³-hybridized carbons (Fsp3) is 0.480. The lowest BCUT2D eigenvalue weighted by Crippen LogP contribution is -2.40. The number of piperidine rings is 1. The molecule has 4 rings (SSSR count). The molecule has 0 aliphatic carbocycles. The van der Waals surface area contributed by atoms with Crippen LogP contribution in [0.1, 0.15) is 50.3 Å². The Hall–Kier alpha value is -2.42. The van der Waals surface area contributed by atoms with E-state index in [9.17, 15) is 13.2 Å². The molecular weight excluding hydrogens is 438 g/mol. The number of hydrogen-bond acceptors (Lipinski definition) is 5. The van der Waals surface area contributed by atoms with Crippen molar-refractivity contribution in [2.24, 2.45) is 0 Å². The monoisotopic (exact) mass is 471 g/mol. The highest BCUT2D eigenvalue weighted by Crippen LogP contribution is 2.34. The number of rotatable bonds is 7. The summed E-state index contributed by atoms with van der Waals surface area (Å²) < 4.78 is 34.6. The number of nitrogens with zero attached hydrogens (tertiary/aromatic N) is 2. The van der Waals surface area contributed by atoms with E-state index in [-0.39, 0.29) is 22.9 Å². The summed E-state index contributed by atoms with van der Waals surface area (Å²) in [5, 5.41) is 0. The van der Waals surface area contributed by atoms with Crippen molar-refractivity contribution in [1.82, 2.24) is 9.62 Å². The Kier molecular flexibility index (Phi) is 7.07. The molecule has 0 saturated carbocycles. The third-order valence-electron chi connectivity index (χ3n) is 6.71. The Morgan fingerprint density at radius 1 is 1.12 bits per heavy atom. The molecule has 1 fully saturated rings. The van der Waals surface area contributed by atoms with Crippen LogP contribution in [-0.4, -0.2) is 52.0 Å². The molecule has 0 bridgehead atoms. The first-order valence-corrected chi connectivity index (χ1v) is 13.1. The molecule has 178 valence electrons. The SMILES string of the molecule is COc1ccc([C@@H](CNS(=O)(=O)c2ccc3c(c2)C[C@H](C)N3C(C)=O)N2CCCCC2)cc1. The third-order valence-corrected chi connectivity index (χ3v) is 8.14. The molecule has 0 aromatic heterocycles. The van der Waals surface area contributed by atoms with Gasteiger partial charge in [-0.25, -0.2) is 13.1 Å². The lowest BCUT2D eigenvalue weighted by atomic mass is 10.0. The molecule has 2 aromatic carbocycles. The van der Waals surface area contributed by atoms with E-state index in [4.69, 9.17) is 4.74 Å². The van der Waals surface area contributed by atoms with Crippen LogP contribution in [0.15, 0.2) is 47.4 Å². The van der Waals surface area contributed by atoms with Crippen LogP contribution < -0.4 is 14.4 Å². The number of fused-ring (bicyclic) bond motifs is 1. The summed E-state index contributed by atoms with van der Waals surface area (Å²) in [6.45, 7) is 5.72. The highest BCUT2D eigenvalue weighted by atomic mass is 32.2. The van der Waals surface area contributed by atoms with Crippen molar-refractivity contribution < 1.29 is 17.9 Å². The number of amides is 1. The fourth-order valence-electron chi connectivity index (χ4n) is 5.04. The van der Waals surface area contributed by atoms with Crippen LogP contribution in [0.5, 0.6) is 5.75 Å². The Labute approximate surface area is 196 Å². The van der Waals surface area contributed by atoms with E-state index in [1.807, 2.05) is 31.2 Å². The second-order valence-corrected chi connectivity index (χ2v) is 10.7. The van der Waals surface area contributed by atoms with Gasteiger partial charge in [0.1, 0.15) is 5.75 Å². The van der Waals surface area contributed by atoms with Gasteiger partial charge in [0.2, 0.25) is 15.9 Å². The van der Waals surface area contributed by atoms with Crippen LogP contribution in [0, 0.1) is 0 Å². The van der Waals surface area contributed by atoms with Crippen molar-refractivity contribution in [1.29, 1.82) is 0 Å². The molecule has 2 aliphatic heterocycles.